The summed E-state index contributed by atoms with van der Waals surface area (Å²) in [6.07, 6.45) is 0.710. The molecule has 0 atom stereocenters. The Labute approximate surface area is 128 Å². The van der Waals surface area contributed by atoms with Crippen LogP contribution >= 0.6 is 23.7 Å². The first kappa shape index (κ1) is 16.6. The molecule has 0 aliphatic carbocycles. The summed E-state index contributed by atoms with van der Waals surface area (Å²) in [5, 5.41) is 5.55. The first-order chi connectivity index (χ1) is 9.10. The minimum Gasteiger partial charge on any atom is -0.330 e. The van der Waals surface area contributed by atoms with Crippen LogP contribution in [0.15, 0.2) is 23.6 Å². The molecular formula is C14H18ClN3OS. The summed E-state index contributed by atoms with van der Waals surface area (Å²) in [5.74, 6) is -0.175. The van der Waals surface area contributed by atoms with E-state index in [9.17, 15) is 4.79 Å². The Kier molecular flexibility index (Phi) is 6.13. The van der Waals surface area contributed by atoms with E-state index < -0.39 is 0 Å². The Morgan fingerprint density at radius 1 is 1.40 bits per heavy atom. The van der Waals surface area contributed by atoms with Gasteiger partial charge in [-0.1, -0.05) is 17.7 Å². The molecule has 0 spiro atoms. The molecule has 1 heterocycles. The molecule has 0 fully saturated rings. The number of carbonyl (C=O) groups excluding carboxylic acids is 1. The van der Waals surface area contributed by atoms with Crippen molar-refractivity contribution in [3.63, 3.8) is 0 Å². The molecule has 0 aliphatic rings. The number of benzene rings is 1. The van der Waals surface area contributed by atoms with Gasteiger partial charge in [-0.2, -0.15) is 0 Å². The molecule has 2 rings (SSSR count). The number of halogens is 1. The molecule has 4 nitrogen and oxygen atoms in total. The van der Waals surface area contributed by atoms with Gasteiger partial charge in [0.2, 0.25) is 0 Å². The number of aryl methyl sites for hydroxylation is 2. The van der Waals surface area contributed by atoms with Crippen LogP contribution in [0, 0.1) is 13.8 Å². The second kappa shape index (κ2) is 7.38. The van der Waals surface area contributed by atoms with Crippen LogP contribution in [-0.2, 0) is 6.42 Å². The predicted molar refractivity (Wildman–Crippen MR) is 86.0 cm³/mol. The highest BCUT2D eigenvalue weighted by molar-refractivity contribution is 7.09. The van der Waals surface area contributed by atoms with E-state index in [1.54, 1.807) is 5.38 Å². The number of hydrogen-bond donors (Lipinski definition) is 2. The first-order valence-electron chi connectivity index (χ1n) is 6.13. The zero-order chi connectivity index (χ0) is 13.8. The number of nitrogens with one attached hydrogen (secondary N) is 1. The molecule has 20 heavy (non-hydrogen) atoms. The Morgan fingerprint density at radius 3 is 2.80 bits per heavy atom. The zero-order valence-corrected chi connectivity index (χ0v) is 13.1. The fourth-order valence-electron chi connectivity index (χ4n) is 1.79. The van der Waals surface area contributed by atoms with Crippen molar-refractivity contribution in [3.05, 3.63) is 45.4 Å². The van der Waals surface area contributed by atoms with Gasteiger partial charge in [0.15, 0.2) is 0 Å². The highest BCUT2D eigenvalue weighted by Gasteiger charge is 2.11. The summed E-state index contributed by atoms with van der Waals surface area (Å²) in [6.45, 7) is 4.55. The number of carbonyl (C=O) groups is 1. The van der Waals surface area contributed by atoms with Crippen molar-refractivity contribution >= 4 is 35.3 Å². The number of amides is 1. The topological polar surface area (TPSA) is 68.0 Å². The lowest BCUT2D eigenvalue weighted by molar-refractivity contribution is 0.102. The van der Waals surface area contributed by atoms with Crippen LogP contribution < -0.4 is 11.1 Å². The fourth-order valence-corrected chi connectivity index (χ4v) is 2.59. The molecule has 1 aromatic carbocycles. The number of nitrogens with zero attached hydrogens (tertiary/aromatic N) is 1. The van der Waals surface area contributed by atoms with Crippen LogP contribution in [0.1, 0.15) is 26.6 Å². The fraction of sp³-hybridized carbons (Fsp3) is 0.286. The molecular weight excluding hydrogens is 294 g/mol. The molecule has 2 aromatic rings. The lowest BCUT2D eigenvalue weighted by Crippen LogP contribution is -2.13. The average Bonchev–Trinajstić information content (AvgIpc) is 2.82. The highest BCUT2D eigenvalue weighted by atomic mass is 35.5. The van der Waals surface area contributed by atoms with Gasteiger partial charge in [0.05, 0.1) is 5.01 Å². The van der Waals surface area contributed by atoms with Crippen LogP contribution in [0.25, 0.3) is 0 Å². The third-order valence-electron chi connectivity index (χ3n) is 2.77. The maximum Gasteiger partial charge on any atom is 0.275 e. The largest absolute Gasteiger partial charge is 0.330 e. The van der Waals surface area contributed by atoms with Gasteiger partial charge in [-0.3, -0.25) is 4.79 Å². The van der Waals surface area contributed by atoms with Gasteiger partial charge in [-0.15, -0.1) is 23.7 Å². The van der Waals surface area contributed by atoms with Crippen LogP contribution in [0.3, 0.4) is 0 Å². The summed E-state index contributed by atoms with van der Waals surface area (Å²) in [4.78, 5) is 16.3. The molecule has 0 unspecified atom stereocenters. The maximum absolute atomic E-state index is 12.1. The Bertz CT molecular complexity index is 598. The number of hydrogen-bond acceptors (Lipinski definition) is 4. The average molecular weight is 312 g/mol. The van der Waals surface area contributed by atoms with Crippen molar-refractivity contribution in [1.82, 2.24) is 4.98 Å². The molecule has 0 saturated heterocycles. The van der Waals surface area contributed by atoms with Crippen LogP contribution in [-0.4, -0.2) is 17.4 Å². The molecule has 1 aromatic heterocycles. The van der Waals surface area contributed by atoms with Crippen LogP contribution in [0.5, 0.6) is 0 Å². The van der Waals surface area contributed by atoms with Crippen molar-refractivity contribution in [2.75, 3.05) is 11.9 Å². The number of rotatable bonds is 4. The van der Waals surface area contributed by atoms with Gasteiger partial charge in [-0.25, -0.2) is 4.98 Å². The molecule has 0 saturated carbocycles. The number of anilines is 1. The third-order valence-corrected chi connectivity index (χ3v) is 3.68. The first-order valence-corrected chi connectivity index (χ1v) is 7.01. The Hall–Kier alpha value is -1.43. The maximum atomic E-state index is 12.1. The molecule has 0 radical (unpaired) electrons. The van der Waals surface area contributed by atoms with Gasteiger partial charge in [0.1, 0.15) is 5.69 Å². The van der Waals surface area contributed by atoms with Crippen LogP contribution in [0.2, 0.25) is 0 Å². The smallest absolute Gasteiger partial charge is 0.275 e. The molecule has 0 aliphatic heterocycles. The van der Waals surface area contributed by atoms with Gasteiger partial charge in [0, 0.05) is 17.5 Å². The normalized spacial score (nSPS) is 9.95. The standard InChI is InChI=1S/C14H17N3OS.ClH/c1-9-3-4-11(10(2)7-9)17-14(18)12-8-19-13(16-12)5-6-15;/h3-4,7-8H,5-6,15H2,1-2H3,(H,17,18);1H. The second-order valence-corrected chi connectivity index (χ2v) is 5.38. The highest BCUT2D eigenvalue weighted by Crippen LogP contribution is 2.18. The summed E-state index contributed by atoms with van der Waals surface area (Å²) >= 11 is 1.47. The molecule has 3 N–H and O–H groups in total. The minimum absolute atomic E-state index is 0. The van der Waals surface area contributed by atoms with E-state index >= 15 is 0 Å². The van der Waals surface area contributed by atoms with Crippen molar-refractivity contribution in [1.29, 1.82) is 0 Å². The number of nitrogens with two attached hydrogens (primary N) is 1. The molecule has 108 valence electrons. The molecule has 1 amide bonds. The quantitative estimate of drug-likeness (QED) is 0.912. The molecule has 0 bridgehead atoms. The monoisotopic (exact) mass is 311 g/mol. The van der Waals surface area contributed by atoms with E-state index in [0.29, 0.717) is 18.7 Å². The summed E-state index contributed by atoms with van der Waals surface area (Å²) < 4.78 is 0. The van der Waals surface area contributed by atoms with Crippen molar-refractivity contribution in [2.45, 2.75) is 20.3 Å². The van der Waals surface area contributed by atoms with E-state index in [0.717, 1.165) is 16.3 Å². The van der Waals surface area contributed by atoms with Gasteiger partial charge < -0.3 is 11.1 Å². The van der Waals surface area contributed by atoms with E-state index in [1.165, 1.54) is 16.9 Å². The van der Waals surface area contributed by atoms with Crippen molar-refractivity contribution in [2.24, 2.45) is 5.73 Å². The summed E-state index contributed by atoms with van der Waals surface area (Å²) in [6, 6.07) is 5.93. The van der Waals surface area contributed by atoms with E-state index in [1.807, 2.05) is 32.0 Å². The van der Waals surface area contributed by atoms with Crippen molar-refractivity contribution in [3.8, 4) is 0 Å². The number of aromatic nitrogens is 1. The van der Waals surface area contributed by atoms with E-state index in [2.05, 4.69) is 10.3 Å². The van der Waals surface area contributed by atoms with Gasteiger partial charge in [-0.05, 0) is 32.0 Å². The lowest BCUT2D eigenvalue weighted by atomic mass is 10.1. The van der Waals surface area contributed by atoms with E-state index in [-0.39, 0.29) is 18.3 Å². The Morgan fingerprint density at radius 2 is 2.15 bits per heavy atom. The Balaban J connectivity index is 0.00000200. The van der Waals surface area contributed by atoms with Gasteiger partial charge in [0.25, 0.3) is 5.91 Å². The minimum atomic E-state index is -0.175. The molecule has 6 heteroatoms. The SMILES string of the molecule is Cc1ccc(NC(=O)c2csc(CCN)n2)c(C)c1.Cl. The van der Waals surface area contributed by atoms with E-state index in [4.69, 9.17) is 5.73 Å². The predicted octanol–water partition coefficient (Wildman–Crippen LogP) is 2.94. The third kappa shape index (κ3) is 4.03. The van der Waals surface area contributed by atoms with Crippen molar-refractivity contribution < 1.29 is 4.79 Å². The van der Waals surface area contributed by atoms with Crippen LogP contribution in [0.4, 0.5) is 5.69 Å². The number of thiazole rings is 1. The van der Waals surface area contributed by atoms with Gasteiger partial charge >= 0.3 is 0 Å². The summed E-state index contributed by atoms with van der Waals surface area (Å²) in [7, 11) is 0. The summed E-state index contributed by atoms with van der Waals surface area (Å²) in [5.41, 5.74) is 8.97. The lowest BCUT2D eigenvalue weighted by Gasteiger charge is -2.07. The second-order valence-electron chi connectivity index (χ2n) is 4.44. The zero-order valence-electron chi connectivity index (χ0n) is 11.5.